The van der Waals surface area contributed by atoms with Gasteiger partial charge in [0.05, 0.1) is 6.54 Å². The van der Waals surface area contributed by atoms with Crippen LogP contribution in [0.3, 0.4) is 0 Å². The summed E-state index contributed by atoms with van der Waals surface area (Å²) in [6, 6.07) is 0. The lowest BCUT2D eigenvalue weighted by Gasteiger charge is -2.21. The smallest absolute Gasteiger partial charge is 0.239 e. The standard InChI is InChI=1S/C11H21BrN2O2/c1-3-8-14(9-10(15)13-2)11(16)6-4-5-7-12/h3-9H2,1-2H3,(H,13,15). The Morgan fingerprint density at radius 2 is 2.00 bits per heavy atom. The van der Waals surface area contributed by atoms with Crippen LogP contribution in [0.25, 0.3) is 0 Å². The molecule has 0 aliphatic carbocycles. The molecule has 0 spiro atoms. The summed E-state index contributed by atoms with van der Waals surface area (Å²) in [4.78, 5) is 24.6. The first-order valence-corrected chi connectivity index (χ1v) is 6.82. The first-order chi connectivity index (χ1) is 7.65. The highest BCUT2D eigenvalue weighted by atomic mass is 79.9. The molecule has 0 aromatic heterocycles. The second kappa shape index (κ2) is 9.63. The maximum absolute atomic E-state index is 11.8. The first kappa shape index (κ1) is 15.4. The molecule has 0 aromatic rings. The number of carbonyl (C=O) groups excluding carboxylic acids is 2. The van der Waals surface area contributed by atoms with Crippen LogP contribution in [-0.2, 0) is 9.59 Å². The average molecular weight is 293 g/mol. The maximum Gasteiger partial charge on any atom is 0.239 e. The zero-order chi connectivity index (χ0) is 12.4. The van der Waals surface area contributed by atoms with Gasteiger partial charge in [-0.15, -0.1) is 0 Å². The van der Waals surface area contributed by atoms with Crippen molar-refractivity contribution in [2.75, 3.05) is 25.5 Å². The Bertz CT molecular complexity index is 222. The highest BCUT2D eigenvalue weighted by Crippen LogP contribution is 2.03. The number of unbranched alkanes of at least 4 members (excludes halogenated alkanes) is 1. The minimum atomic E-state index is -0.109. The van der Waals surface area contributed by atoms with E-state index < -0.39 is 0 Å². The lowest BCUT2D eigenvalue weighted by atomic mass is 10.2. The van der Waals surface area contributed by atoms with Crippen molar-refractivity contribution in [3.63, 3.8) is 0 Å². The maximum atomic E-state index is 11.8. The number of nitrogens with zero attached hydrogens (tertiary/aromatic N) is 1. The molecule has 94 valence electrons. The van der Waals surface area contributed by atoms with Gasteiger partial charge in [0.2, 0.25) is 11.8 Å². The van der Waals surface area contributed by atoms with E-state index in [1.165, 1.54) is 0 Å². The number of hydrogen-bond acceptors (Lipinski definition) is 2. The van der Waals surface area contributed by atoms with Crippen molar-refractivity contribution in [3.8, 4) is 0 Å². The molecule has 0 bridgehead atoms. The van der Waals surface area contributed by atoms with E-state index in [1.54, 1.807) is 11.9 Å². The quantitative estimate of drug-likeness (QED) is 0.545. The fourth-order valence-corrected chi connectivity index (χ4v) is 1.74. The molecule has 0 fully saturated rings. The van der Waals surface area contributed by atoms with Crippen molar-refractivity contribution in [3.05, 3.63) is 0 Å². The summed E-state index contributed by atoms with van der Waals surface area (Å²) in [7, 11) is 1.59. The number of hydrogen-bond donors (Lipinski definition) is 1. The van der Waals surface area contributed by atoms with Gasteiger partial charge in [0.15, 0.2) is 0 Å². The van der Waals surface area contributed by atoms with Crippen LogP contribution in [0.15, 0.2) is 0 Å². The summed E-state index contributed by atoms with van der Waals surface area (Å²) >= 11 is 3.33. The molecule has 16 heavy (non-hydrogen) atoms. The molecule has 0 unspecified atom stereocenters. The van der Waals surface area contributed by atoms with E-state index in [2.05, 4.69) is 21.2 Å². The van der Waals surface area contributed by atoms with Crippen LogP contribution in [0.2, 0.25) is 0 Å². The van der Waals surface area contributed by atoms with Crippen LogP contribution < -0.4 is 5.32 Å². The Kier molecular flexibility index (Phi) is 9.28. The molecule has 0 saturated heterocycles. The van der Waals surface area contributed by atoms with Crippen LogP contribution in [0.5, 0.6) is 0 Å². The molecule has 0 rings (SSSR count). The third kappa shape index (κ3) is 6.82. The summed E-state index contributed by atoms with van der Waals surface area (Å²) in [5, 5.41) is 3.46. The van der Waals surface area contributed by atoms with Gasteiger partial charge < -0.3 is 10.2 Å². The number of halogens is 1. The second-order valence-corrected chi connectivity index (χ2v) is 4.43. The molecule has 5 heteroatoms. The third-order valence-corrected chi connectivity index (χ3v) is 2.79. The van der Waals surface area contributed by atoms with Crippen LogP contribution in [0, 0.1) is 0 Å². The predicted octanol–water partition coefficient (Wildman–Crippen LogP) is 1.54. The van der Waals surface area contributed by atoms with Crippen molar-refractivity contribution in [1.29, 1.82) is 0 Å². The van der Waals surface area contributed by atoms with Crippen molar-refractivity contribution >= 4 is 27.7 Å². The van der Waals surface area contributed by atoms with Crippen molar-refractivity contribution < 1.29 is 9.59 Å². The molecule has 0 atom stereocenters. The van der Waals surface area contributed by atoms with E-state index in [0.29, 0.717) is 13.0 Å². The Morgan fingerprint density at radius 1 is 1.31 bits per heavy atom. The fraction of sp³-hybridized carbons (Fsp3) is 0.818. The number of alkyl halides is 1. The van der Waals surface area contributed by atoms with Gasteiger partial charge in [-0.2, -0.15) is 0 Å². The highest BCUT2D eigenvalue weighted by Gasteiger charge is 2.14. The summed E-state index contributed by atoms with van der Waals surface area (Å²) in [6.07, 6.45) is 3.27. The van der Waals surface area contributed by atoms with Gasteiger partial charge in [0.1, 0.15) is 0 Å². The van der Waals surface area contributed by atoms with Gasteiger partial charge >= 0.3 is 0 Å². The number of rotatable bonds is 8. The topological polar surface area (TPSA) is 49.4 Å². The van der Waals surface area contributed by atoms with E-state index in [0.717, 1.165) is 24.6 Å². The zero-order valence-corrected chi connectivity index (χ0v) is 11.7. The summed E-state index contributed by atoms with van der Waals surface area (Å²) in [5.41, 5.74) is 0. The Balaban J connectivity index is 4.07. The van der Waals surface area contributed by atoms with E-state index in [9.17, 15) is 9.59 Å². The molecule has 0 aliphatic rings. The molecule has 0 radical (unpaired) electrons. The highest BCUT2D eigenvalue weighted by molar-refractivity contribution is 9.09. The van der Waals surface area contributed by atoms with Gasteiger partial charge in [-0.25, -0.2) is 0 Å². The summed E-state index contributed by atoms with van der Waals surface area (Å²) in [5.74, 6) is -0.0336. The largest absolute Gasteiger partial charge is 0.358 e. The molecule has 1 N–H and O–H groups in total. The number of likely N-dealkylation sites (N-methyl/N-ethyl adjacent to an activating group) is 1. The van der Waals surface area contributed by atoms with Gasteiger partial charge in [-0.05, 0) is 19.3 Å². The van der Waals surface area contributed by atoms with Gasteiger partial charge in [0, 0.05) is 25.3 Å². The molecule has 2 amide bonds. The van der Waals surface area contributed by atoms with Gasteiger partial charge in [-0.3, -0.25) is 9.59 Å². The Labute approximate surface area is 106 Å². The predicted molar refractivity (Wildman–Crippen MR) is 68.6 cm³/mol. The van der Waals surface area contributed by atoms with E-state index in [1.807, 2.05) is 6.92 Å². The Morgan fingerprint density at radius 3 is 2.50 bits per heavy atom. The first-order valence-electron chi connectivity index (χ1n) is 5.70. The summed E-state index contributed by atoms with van der Waals surface area (Å²) in [6.45, 7) is 2.83. The van der Waals surface area contributed by atoms with E-state index >= 15 is 0 Å². The fourth-order valence-electron chi connectivity index (χ4n) is 1.34. The minimum absolute atomic E-state index is 0.0754. The molecule has 0 saturated carbocycles. The van der Waals surface area contributed by atoms with Crippen molar-refractivity contribution in [1.82, 2.24) is 10.2 Å². The number of carbonyl (C=O) groups is 2. The van der Waals surface area contributed by atoms with Gasteiger partial charge in [-0.1, -0.05) is 22.9 Å². The lowest BCUT2D eigenvalue weighted by molar-refractivity contribution is -0.136. The number of nitrogens with one attached hydrogen (secondary N) is 1. The molecular formula is C11H21BrN2O2. The minimum Gasteiger partial charge on any atom is -0.358 e. The van der Waals surface area contributed by atoms with E-state index in [-0.39, 0.29) is 18.4 Å². The SMILES string of the molecule is CCCN(CC(=O)NC)C(=O)CCCCBr. The van der Waals surface area contributed by atoms with Gasteiger partial charge in [0.25, 0.3) is 0 Å². The molecule has 0 heterocycles. The molecule has 4 nitrogen and oxygen atoms in total. The van der Waals surface area contributed by atoms with Crippen molar-refractivity contribution in [2.45, 2.75) is 32.6 Å². The van der Waals surface area contributed by atoms with Crippen LogP contribution in [-0.4, -0.2) is 42.2 Å². The monoisotopic (exact) mass is 292 g/mol. The van der Waals surface area contributed by atoms with Crippen LogP contribution >= 0.6 is 15.9 Å². The average Bonchev–Trinajstić information content (AvgIpc) is 2.28. The third-order valence-electron chi connectivity index (χ3n) is 2.23. The second-order valence-electron chi connectivity index (χ2n) is 3.63. The van der Waals surface area contributed by atoms with Crippen LogP contribution in [0.1, 0.15) is 32.6 Å². The molecule has 0 aromatic carbocycles. The van der Waals surface area contributed by atoms with Crippen LogP contribution in [0.4, 0.5) is 0 Å². The summed E-state index contributed by atoms with van der Waals surface area (Å²) < 4.78 is 0. The molecular weight excluding hydrogens is 272 g/mol. The van der Waals surface area contributed by atoms with Crippen molar-refractivity contribution in [2.24, 2.45) is 0 Å². The Hall–Kier alpha value is -0.580. The molecule has 0 aliphatic heterocycles. The van der Waals surface area contributed by atoms with E-state index in [4.69, 9.17) is 0 Å². The number of amides is 2. The normalized spacial score (nSPS) is 9.94. The lowest BCUT2D eigenvalue weighted by Crippen LogP contribution is -2.40. The zero-order valence-electron chi connectivity index (χ0n) is 10.1.